The Balaban J connectivity index is 1.80. The normalized spacial score (nSPS) is 33.5. The summed E-state index contributed by atoms with van der Waals surface area (Å²) in [4.78, 5) is 27.4. The van der Waals surface area contributed by atoms with Crippen LogP contribution in [0.5, 0.6) is 0 Å². The number of carbonyl (C=O) groups is 2. The number of amides is 2. The van der Waals surface area contributed by atoms with Crippen LogP contribution in [0, 0.1) is 0 Å². The topological polar surface area (TPSA) is 51.0 Å². The summed E-state index contributed by atoms with van der Waals surface area (Å²) in [6.45, 7) is 5.59. The van der Waals surface area contributed by atoms with E-state index < -0.39 is 0 Å². The summed E-state index contributed by atoms with van der Waals surface area (Å²) in [7, 11) is 0. The molecule has 1 N–H and O–H groups in total. The molecule has 0 saturated carbocycles. The maximum atomic E-state index is 12.7. The molecular formula is C16H21N2O3+. The van der Waals surface area contributed by atoms with E-state index in [-0.39, 0.29) is 30.1 Å². The number of nitrogens with zero attached hydrogens (tertiary/aromatic N) is 1. The van der Waals surface area contributed by atoms with Gasteiger partial charge in [0.2, 0.25) is 5.91 Å². The third-order valence-electron chi connectivity index (χ3n) is 4.22. The SMILES string of the molecule is C[C@@H]1C[NH+]([C@@H]2CC(=O)N(c3ccccc3)C2=O)C[C@@H](C)O1. The molecule has 0 radical (unpaired) electrons. The highest BCUT2D eigenvalue weighted by atomic mass is 16.5. The van der Waals surface area contributed by atoms with Crippen LogP contribution in [0.2, 0.25) is 0 Å². The number of morpholine rings is 1. The van der Waals surface area contributed by atoms with Gasteiger partial charge in [0.25, 0.3) is 5.91 Å². The zero-order valence-electron chi connectivity index (χ0n) is 12.4. The van der Waals surface area contributed by atoms with E-state index in [2.05, 4.69) is 0 Å². The average molecular weight is 289 g/mol. The van der Waals surface area contributed by atoms with Gasteiger partial charge in [-0.1, -0.05) is 18.2 Å². The number of hydrogen-bond donors (Lipinski definition) is 1. The molecule has 5 heteroatoms. The number of nitrogens with one attached hydrogen (secondary N) is 1. The number of rotatable bonds is 2. The molecule has 3 rings (SSSR count). The van der Waals surface area contributed by atoms with Gasteiger partial charge in [0.15, 0.2) is 6.04 Å². The van der Waals surface area contributed by atoms with E-state index in [0.717, 1.165) is 18.0 Å². The number of imide groups is 1. The largest absolute Gasteiger partial charge is 0.364 e. The molecule has 2 fully saturated rings. The highest BCUT2D eigenvalue weighted by molar-refractivity contribution is 6.21. The molecule has 112 valence electrons. The molecule has 1 aromatic rings. The zero-order valence-corrected chi connectivity index (χ0v) is 12.4. The van der Waals surface area contributed by atoms with Crippen LogP contribution >= 0.6 is 0 Å². The van der Waals surface area contributed by atoms with Crippen LogP contribution in [-0.4, -0.2) is 43.2 Å². The van der Waals surface area contributed by atoms with Crippen molar-refractivity contribution in [3.63, 3.8) is 0 Å². The van der Waals surface area contributed by atoms with Crippen LogP contribution in [0.25, 0.3) is 0 Å². The van der Waals surface area contributed by atoms with Gasteiger partial charge in [-0.05, 0) is 26.0 Å². The number of hydrogen-bond acceptors (Lipinski definition) is 3. The minimum Gasteiger partial charge on any atom is -0.364 e. The summed E-state index contributed by atoms with van der Waals surface area (Å²) in [5.41, 5.74) is 0.670. The highest BCUT2D eigenvalue weighted by Gasteiger charge is 2.47. The Bertz CT molecular complexity index is 536. The van der Waals surface area contributed by atoms with E-state index in [0.29, 0.717) is 12.1 Å². The van der Waals surface area contributed by atoms with E-state index in [9.17, 15) is 9.59 Å². The second-order valence-electron chi connectivity index (χ2n) is 5.98. The first kappa shape index (κ1) is 14.2. The van der Waals surface area contributed by atoms with Crippen molar-refractivity contribution in [1.29, 1.82) is 0 Å². The first-order valence-corrected chi connectivity index (χ1v) is 7.48. The fourth-order valence-corrected chi connectivity index (χ4v) is 3.40. The van der Waals surface area contributed by atoms with E-state index in [4.69, 9.17) is 4.74 Å². The number of carbonyl (C=O) groups excluding carboxylic acids is 2. The van der Waals surface area contributed by atoms with Crippen molar-refractivity contribution in [2.45, 2.75) is 38.5 Å². The second kappa shape index (κ2) is 5.58. The molecule has 0 aromatic heterocycles. The Hall–Kier alpha value is -1.72. The maximum Gasteiger partial charge on any atom is 0.292 e. The number of benzene rings is 1. The van der Waals surface area contributed by atoms with Crippen LogP contribution in [0.1, 0.15) is 20.3 Å². The summed E-state index contributed by atoms with van der Waals surface area (Å²) in [6, 6.07) is 8.90. The van der Waals surface area contributed by atoms with Crippen LogP contribution in [0.15, 0.2) is 30.3 Å². The molecular weight excluding hydrogens is 268 g/mol. The molecule has 2 aliphatic rings. The lowest BCUT2D eigenvalue weighted by Crippen LogP contribution is -3.19. The Morgan fingerprint density at radius 1 is 1.10 bits per heavy atom. The van der Waals surface area contributed by atoms with Crippen molar-refractivity contribution in [3.8, 4) is 0 Å². The third kappa shape index (κ3) is 2.71. The van der Waals surface area contributed by atoms with E-state index in [1.807, 2.05) is 32.0 Å². The monoisotopic (exact) mass is 289 g/mol. The van der Waals surface area contributed by atoms with Gasteiger partial charge in [0.05, 0.1) is 12.1 Å². The fourth-order valence-electron chi connectivity index (χ4n) is 3.40. The summed E-state index contributed by atoms with van der Waals surface area (Å²) < 4.78 is 5.72. The number of quaternary nitrogens is 1. The van der Waals surface area contributed by atoms with Crippen LogP contribution in [-0.2, 0) is 14.3 Å². The van der Waals surface area contributed by atoms with Crippen molar-refractivity contribution >= 4 is 17.5 Å². The van der Waals surface area contributed by atoms with Gasteiger partial charge >= 0.3 is 0 Å². The molecule has 0 bridgehead atoms. The van der Waals surface area contributed by atoms with Crippen LogP contribution in [0.3, 0.4) is 0 Å². The van der Waals surface area contributed by atoms with Crippen LogP contribution < -0.4 is 9.80 Å². The van der Waals surface area contributed by atoms with Gasteiger partial charge in [-0.25, -0.2) is 4.90 Å². The Morgan fingerprint density at radius 3 is 2.33 bits per heavy atom. The summed E-state index contributed by atoms with van der Waals surface area (Å²) in [5, 5.41) is 0. The summed E-state index contributed by atoms with van der Waals surface area (Å²) >= 11 is 0. The van der Waals surface area contributed by atoms with Crippen molar-refractivity contribution in [2.75, 3.05) is 18.0 Å². The predicted molar refractivity (Wildman–Crippen MR) is 78.0 cm³/mol. The lowest BCUT2D eigenvalue weighted by molar-refractivity contribution is -0.929. The quantitative estimate of drug-likeness (QED) is 0.781. The second-order valence-corrected chi connectivity index (χ2v) is 5.98. The minimum absolute atomic E-state index is 0.0810. The van der Waals surface area contributed by atoms with Crippen LogP contribution in [0.4, 0.5) is 5.69 Å². The number of ether oxygens (including phenoxy) is 1. The first-order chi connectivity index (χ1) is 10.1. The zero-order chi connectivity index (χ0) is 15.0. The Kier molecular flexibility index (Phi) is 3.78. The van der Waals surface area contributed by atoms with Crippen molar-refractivity contribution < 1.29 is 19.2 Å². The number of anilines is 1. The van der Waals surface area contributed by atoms with Gasteiger partial charge in [-0.3, -0.25) is 9.59 Å². The third-order valence-corrected chi connectivity index (χ3v) is 4.22. The molecule has 21 heavy (non-hydrogen) atoms. The smallest absolute Gasteiger partial charge is 0.292 e. The van der Waals surface area contributed by atoms with Gasteiger partial charge in [0.1, 0.15) is 25.3 Å². The van der Waals surface area contributed by atoms with Crippen molar-refractivity contribution in [2.24, 2.45) is 0 Å². The Labute approximate surface area is 124 Å². The van der Waals surface area contributed by atoms with Crippen molar-refractivity contribution in [1.82, 2.24) is 0 Å². The first-order valence-electron chi connectivity index (χ1n) is 7.48. The van der Waals surface area contributed by atoms with Gasteiger partial charge < -0.3 is 9.64 Å². The molecule has 2 amide bonds. The van der Waals surface area contributed by atoms with E-state index in [1.54, 1.807) is 12.1 Å². The molecule has 3 atom stereocenters. The molecule has 0 aliphatic carbocycles. The summed E-state index contributed by atoms with van der Waals surface area (Å²) in [5.74, 6) is -0.182. The standard InChI is InChI=1S/C16H20N2O3/c1-11-9-17(10-12(2)21-11)14-8-15(19)18(16(14)20)13-6-4-3-5-7-13/h3-7,11-12,14H,8-10H2,1-2H3/p+1/t11-,12-,14-/m1/s1. The van der Waals surface area contributed by atoms with Gasteiger partial charge in [0, 0.05) is 0 Å². The lowest BCUT2D eigenvalue weighted by atomic mass is 10.1. The fraction of sp³-hybridized carbons (Fsp3) is 0.500. The Morgan fingerprint density at radius 2 is 1.71 bits per heavy atom. The molecule has 2 heterocycles. The minimum atomic E-state index is -0.272. The maximum absolute atomic E-state index is 12.7. The summed E-state index contributed by atoms with van der Waals surface area (Å²) in [6.07, 6.45) is 0.539. The van der Waals surface area contributed by atoms with E-state index >= 15 is 0 Å². The average Bonchev–Trinajstić information content (AvgIpc) is 2.74. The number of para-hydroxylation sites is 1. The van der Waals surface area contributed by atoms with Gasteiger partial charge in [-0.2, -0.15) is 0 Å². The van der Waals surface area contributed by atoms with E-state index in [1.165, 1.54) is 4.90 Å². The highest BCUT2D eigenvalue weighted by Crippen LogP contribution is 2.21. The molecule has 2 saturated heterocycles. The molecule has 0 unspecified atom stereocenters. The van der Waals surface area contributed by atoms with Gasteiger partial charge in [-0.15, -0.1) is 0 Å². The molecule has 0 spiro atoms. The lowest BCUT2D eigenvalue weighted by Gasteiger charge is -2.34. The molecule has 5 nitrogen and oxygen atoms in total. The molecule has 2 aliphatic heterocycles. The van der Waals surface area contributed by atoms with Crippen molar-refractivity contribution in [3.05, 3.63) is 30.3 Å². The predicted octanol–water partition coefficient (Wildman–Crippen LogP) is 0.0106. The molecule has 1 aromatic carbocycles.